The Morgan fingerprint density at radius 1 is 1.22 bits per heavy atom. The van der Waals surface area contributed by atoms with Crippen molar-refractivity contribution in [1.29, 1.82) is 0 Å². The van der Waals surface area contributed by atoms with Crippen LogP contribution in [0.1, 0.15) is 19.6 Å². The van der Waals surface area contributed by atoms with Crippen molar-refractivity contribution < 1.29 is 55.9 Å². The van der Waals surface area contributed by atoms with E-state index in [2.05, 4.69) is 23.6 Å². The lowest BCUT2D eigenvalue weighted by Gasteiger charge is -2.21. The van der Waals surface area contributed by atoms with Gasteiger partial charge in [-0.15, -0.1) is 0 Å². The molecule has 7 N–H and O–H groups in total. The molecule has 3 unspecified atom stereocenters. The van der Waals surface area contributed by atoms with Crippen LogP contribution in [0.15, 0.2) is 11.1 Å². The minimum atomic E-state index is -5.67. The second-order valence-corrected chi connectivity index (χ2v) is 14.0. The zero-order valence-electron chi connectivity index (χ0n) is 18.2. The van der Waals surface area contributed by atoms with Crippen LogP contribution >= 0.6 is 45.1 Å². The third kappa shape index (κ3) is 8.34. The summed E-state index contributed by atoms with van der Waals surface area (Å²) in [5.74, 6) is 0.869. The summed E-state index contributed by atoms with van der Waals surface area (Å²) in [5, 5.41) is 0. The third-order valence-corrected chi connectivity index (χ3v) is 10.2. The van der Waals surface area contributed by atoms with Crippen LogP contribution in [0.25, 0.3) is 11.2 Å². The molecule has 204 valence electrons. The predicted octanol–water partition coefficient (Wildman–Crippen LogP) is 1.08. The van der Waals surface area contributed by atoms with E-state index < -0.39 is 54.1 Å². The minimum Gasteiger partial charge on any atom is -0.369 e. The monoisotopic (exact) mass is 613 g/mol. The molecule has 18 nitrogen and oxygen atoms in total. The van der Waals surface area contributed by atoms with Gasteiger partial charge >= 0.3 is 23.5 Å². The van der Waals surface area contributed by atoms with Crippen molar-refractivity contribution in [3.63, 3.8) is 0 Å². The highest BCUT2D eigenvalue weighted by Gasteiger charge is 2.43. The summed E-state index contributed by atoms with van der Waals surface area (Å²) >= 11 is 0. The number of aromatic nitrogens is 4. The largest absolute Gasteiger partial charge is 0.490 e. The molecule has 0 saturated carbocycles. The first-order chi connectivity index (χ1) is 16.7. The molecule has 3 rings (SSSR count). The molecule has 1 saturated heterocycles. The number of imidazole rings is 1. The third-order valence-electron chi connectivity index (χ3n) is 4.29. The Morgan fingerprint density at radius 2 is 1.94 bits per heavy atom. The van der Waals surface area contributed by atoms with Crippen LogP contribution in [0.3, 0.4) is 0 Å². The van der Waals surface area contributed by atoms with Crippen molar-refractivity contribution in [2.24, 2.45) is 0 Å². The molecule has 0 bridgehead atoms. The molecule has 2 aromatic rings. The Labute approximate surface area is 210 Å². The normalized spacial score (nSPS) is 24.1. The highest BCUT2D eigenvalue weighted by molar-refractivity contribution is 8.76. The van der Waals surface area contributed by atoms with Crippen LogP contribution in [0.4, 0.5) is 5.95 Å². The fraction of sp³-hybridized carbons (Fsp3) is 0.615. The number of H-pyrrole nitrogens is 1. The first kappa shape index (κ1) is 29.7. The van der Waals surface area contributed by atoms with Gasteiger partial charge in [0.15, 0.2) is 11.2 Å². The maximum atomic E-state index is 12.1. The van der Waals surface area contributed by atoms with E-state index in [0.29, 0.717) is 0 Å². The maximum absolute atomic E-state index is 12.1. The van der Waals surface area contributed by atoms with E-state index in [1.54, 1.807) is 0 Å². The van der Waals surface area contributed by atoms with E-state index in [0.717, 1.165) is 5.75 Å². The molecule has 1 aliphatic heterocycles. The second kappa shape index (κ2) is 11.9. The zero-order valence-corrected chi connectivity index (χ0v) is 22.5. The number of nitrogen functional groups attached to an aromatic ring is 1. The van der Waals surface area contributed by atoms with Gasteiger partial charge in [0, 0.05) is 12.2 Å². The summed E-state index contributed by atoms with van der Waals surface area (Å²) < 4.78 is 59.6. The van der Waals surface area contributed by atoms with E-state index in [1.165, 1.54) is 32.5 Å². The molecular formula is C13H22N5O13P3S2. The molecule has 0 spiro atoms. The Hall–Kier alpha value is -0.820. The molecule has 0 amide bonds. The smallest absolute Gasteiger partial charge is 0.369 e. The van der Waals surface area contributed by atoms with Crippen LogP contribution in [-0.4, -0.2) is 69.6 Å². The van der Waals surface area contributed by atoms with Crippen LogP contribution < -0.4 is 11.3 Å². The van der Waals surface area contributed by atoms with Crippen molar-refractivity contribution in [2.75, 3.05) is 24.0 Å². The van der Waals surface area contributed by atoms with Gasteiger partial charge < -0.3 is 34.8 Å². The highest BCUT2D eigenvalue weighted by Crippen LogP contribution is 2.66. The second-order valence-electron chi connectivity index (χ2n) is 6.87. The highest BCUT2D eigenvalue weighted by atomic mass is 33.1. The van der Waals surface area contributed by atoms with Crippen molar-refractivity contribution in [3.05, 3.63) is 16.7 Å². The SMILES string of the molecule is CCSSCOC1C[C@H](n2cnc3c(=O)[nH]c(N)nc32)O[C@@H]1COP(=O)(O)OP(=O)(O)OP(=O)(O)O. The van der Waals surface area contributed by atoms with Gasteiger partial charge in [0.2, 0.25) is 5.95 Å². The molecule has 23 heteroatoms. The number of fused-ring (bicyclic) bond motifs is 1. The molecule has 0 aromatic carbocycles. The number of rotatable bonds is 13. The topological polar surface area (TPSA) is 268 Å². The van der Waals surface area contributed by atoms with Crippen LogP contribution in [0.5, 0.6) is 0 Å². The summed E-state index contributed by atoms with van der Waals surface area (Å²) in [7, 11) is -13.6. The van der Waals surface area contributed by atoms with Gasteiger partial charge in [0.1, 0.15) is 18.3 Å². The number of anilines is 1. The molecule has 36 heavy (non-hydrogen) atoms. The summed E-state index contributed by atoms with van der Waals surface area (Å²) in [5.41, 5.74) is 5.15. The molecular weight excluding hydrogens is 591 g/mol. The fourth-order valence-corrected chi connectivity index (χ4v) is 7.42. The maximum Gasteiger partial charge on any atom is 0.490 e. The Bertz CT molecular complexity index is 1270. The number of aromatic amines is 1. The zero-order chi connectivity index (χ0) is 26.7. The van der Waals surface area contributed by atoms with E-state index in [9.17, 15) is 28.3 Å². The molecule has 2 aromatic heterocycles. The van der Waals surface area contributed by atoms with Gasteiger partial charge in [-0.25, -0.2) is 18.7 Å². The van der Waals surface area contributed by atoms with E-state index >= 15 is 0 Å². The first-order valence-corrected chi connectivity index (χ1v) is 16.7. The number of nitrogens with one attached hydrogen (secondary N) is 1. The molecule has 5 atom stereocenters. The van der Waals surface area contributed by atoms with Crippen LogP contribution in [0.2, 0.25) is 0 Å². The lowest BCUT2D eigenvalue weighted by molar-refractivity contribution is -0.0522. The summed E-state index contributed by atoms with van der Waals surface area (Å²) in [6.07, 6.45) is -1.15. The lowest BCUT2D eigenvalue weighted by atomic mass is 10.2. The number of hydrogen-bond donors (Lipinski definition) is 6. The number of nitrogens with zero attached hydrogens (tertiary/aromatic N) is 3. The van der Waals surface area contributed by atoms with Crippen LogP contribution in [-0.2, 0) is 36.3 Å². The van der Waals surface area contributed by atoms with Gasteiger partial charge in [-0.2, -0.15) is 13.6 Å². The molecule has 1 aliphatic rings. The van der Waals surface area contributed by atoms with E-state index in [-0.39, 0.29) is 29.5 Å². The molecule has 0 aliphatic carbocycles. The number of phosphoric ester groups is 1. The van der Waals surface area contributed by atoms with Crippen molar-refractivity contribution in [1.82, 2.24) is 19.5 Å². The van der Waals surface area contributed by atoms with Crippen molar-refractivity contribution in [3.8, 4) is 0 Å². The quantitative estimate of drug-likeness (QED) is 0.0798. The number of hydrogen-bond acceptors (Lipinski definition) is 14. The van der Waals surface area contributed by atoms with Gasteiger partial charge in [0.25, 0.3) is 5.56 Å². The summed E-state index contributed by atoms with van der Waals surface area (Å²) in [4.78, 5) is 58.7. The molecule has 3 heterocycles. The van der Waals surface area contributed by atoms with Crippen molar-refractivity contribution in [2.45, 2.75) is 31.8 Å². The predicted molar refractivity (Wildman–Crippen MR) is 126 cm³/mol. The van der Waals surface area contributed by atoms with E-state index in [4.69, 9.17) is 29.5 Å². The minimum absolute atomic E-state index is 0.00289. The lowest BCUT2D eigenvalue weighted by Crippen LogP contribution is -2.28. The Morgan fingerprint density at radius 3 is 2.61 bits per heavy atom. The van der Waals surface area contributed by atoms with Gasteiger partial charge in [-0.3, -0.25) is 18.9 Å². The van der Waals surface area contributed by atoms with Crippen molar-refractivity contribution >= 4 is 62.2 Å². The number of phosphoric acid groups is 3. The standard InChI is InChI=1S/C13H22N5O13P3S2/c1-2-35-36-6-27-7-3-9(18-5-15-10-11(18)16-13(14)17-12(10)19)29-8(7)4-28-33(23,24)31-34(25,26)30-32(20,21)22/h5,7-9H,2-4,6H2,1H3,(H,23,24)(H,25,26)(H2,20,21,22)(H3,14,16,17,19)/t7?,8-,9-/m1/s1. The fourth-order valence-electron chi connectivity index (χ4n) is 3.05. The Balaban J connectivity index is 1.74. The first-order valence-electron chi connectivity index (χ1n) is 9.72. The summed E-state index contributed by atoms with van der Waals surface area (Å²) in [6.45, 7) is 1.24. The van der Waals surface area contributed by atoms with Crippen LogP contribution in [0, 0.1) is 0 Å². The average Bonchev–Trinajstić information content (AvgIpc) is 3.31. The van der Waals surface area contributed by atoms with Gasteiger partial charge in [-0.1, -0.05) is 28.5 Å². The van der Waals surface area contributed by atoms with E-state index in [1.807, 2.05) is 6.92 Å². The van der Waals surface area contributed by atoms with Gasteiger partial charge in [0.05, 0.1) is 19.0 Å². The number of nitrogens with two attached hydrogens (primary N) is 1. The summed E-state index contributed by atoms with van der Waals surface area (Å²) in [6, 6.07) is 0. The Kier molecular flexibility index (Phi) is 9.85. The number of ether oxygens (including phenoxy) is 2. The van der Waals surface area contributed by atoms with Gasteiger partial charge in [-0.05, 0) is 0 Å². The average molecular weight is 613 g/mol. The molecule has 1 fully saturated rings. The molecule has 0 radical (unpaired) electrons.